The van der Waals surface area contributed by atoms with Gasteiger partial charge in [0.1, 0.15) is 0 Å². The van der Waals surface area contributed by atoms with Gasteiger partial charge in [-0.15, -0.1) is 0 Å². The van der Waals surface area contributed by atoms with Crippen LogP contribution in [0.1, 0.15) is 50.3 Å². The van der Waals surface area contributed by atoms with Crippen LogP contribution < -0.4 is 5.73 Å². The fraction of sp³-hybridized carbons (Fsp3) is 0.786. The summed E-state index contributed by atoms with van der Waals surface area (Å²) in [5.74, 6) is 0. The van der Waals surface area contributed by atoms with Crippen LogP contribution in [0.15, 0.2) is 12.3 Å². The minimum atomic E-state index is 0.641. The van der Waals surface area contributed by atoms with Gasteiger partial charge in [0, 0.05) is 12.7 Å². The molecule has 0 saturated heterocycles. The Kier molecular flexibility index (Phi) is 5.20. The molecule has 1 aromatic rings. The molecule has 0 radical (unpaired) electrons. The first-order valence-corrected chi connectivity index (χ1v) is 7.22. The van der Waals surface area contributed by atoms with Gasteiger partial charge >= 0.3 is 0 Å². The molecule has 0 aromatic carbocycles. The van der Waals surface area contributed by atoms with Crippen LogP contribution in [-0.2, 0) is 6.54 Å². The Balaban J connectivity index is 1.85. The number of nitrogens with zero attached hydrogens (tertiary/aromatic N) is 3. The second kappa shape index (κ2) is 6.90. The molecular formula is C14H26N4. The summed E-state index contributed by atoms with van der Waals surface area (Å²) < 4.78 is 2.19. The van der Waals surface area contributed by atoms with E-state index in [4.69, 9.17) is 10.8 Å². The Hall–Kier alpha value is -0.870. The summed E-state index contributed by atoms with van der Waals surface area (Å²) in [6, 6.07) is 2.80. The molecule has 0 amide bonds. The fourth-order valence-electron chi connectivity index (χ4n) is 2.73. The molecule has 1 heterocycles. The second-order valence-corrected chi connectivity index (χ2v) is 5.46. The third kappa shape index (κ3) is 3.82. The van der Waals surface area contributed by atoms with E-state index in [2.05, 4.69) is 28.9 Å². The number of hydrogen-bond donors (Lipinski definition) is 1. The molecule has 0 bridgehead atoms. The predicted octanol–water partition coefficient (Wildman–Crippen LogP) is 2.17. The van der Waals surface area contributed by atoms with E-state index in [0.29, 0.717) is 6.04 Å². The van der Waals surface area contributed by atoms with Crippen LogP contribution in [0, 0.1) is 0 Å². The molecule has 1 fully saturated rings. The van der Waals surface area contributed by atoms with Gasteiger partial charge in [-0.1, -0.05) is 19.3 Å². The highest BCUT2D eigenvalue weighted by Crippen LogP contribution is 2.27. The topological polar surface area (TPSA) is 47.1 Å². The van der Waals surface area contributed by atoms with E-state index < -0.39 is 0 Å². The lowest BCUT2D eigenvalue weighted by molar-refractivity contribution is 0.306. The summed E-state index contributed by atoms with van der Waals surface area (Å²) in [4.78, 5) is 2.29. The van der Waals surface area contributed by atoms with Crippen molar-refractivity contribution in [2.24, 2.45) is 5.73 Å². The monoisotopic (exact) mass is 250 g/mol. The van der Waals surface area contributed by atoms with Crippen LogP contribution in [-0.4, -0.2) is 34.8 Å². The van der Waals surface area contributed by atoms with Gasteiger partial charge in [-0.3, -0.25) is 4.68 Å². The average Bonchev–Trinajstić information content (AvgIpc) is 2.86. The molecule has 4 heteroatoms. The van der Waals surface area contributed by atoms with Crippen molar-refractivity contribution in [1.82, 2.24) is 14.7 Å². The van der Waals surface area contributed by atoms with Crippen molar-refractivity contribution in [2.45, 2.75) is 51.1 Å². The van der Waals surface area contributed by atoms with Crippen molar-refractivity contribution in [3.63, 3.8) is 0 Å². The van der Waals surface area contributed by atoms with Gasteiger partial charge in [-0.2, -0.15) is 5.10 Å². The average molecular weight is 250 g/mol. The fourth-order valence-corrected chi connectivity index (χ4v) is 2.73. The molecule has 1 saturated carbocycles. The van der Waals surface area contributed by atoms with E-state index in [1.807, 2.05) is 0 Å². The van der Waals surface area contributed by atoms with E-state index in [-0.39, 0.29) is 0 Å². The zero-order chi connectivity index (χ0) is 12.8. The molecule has 0 atom stereocenters. The summed E-state index contributed by atoms with van der Waals surface area (Å²) in [5.41, 5.74) is 6.71. The van der Waals surface area contributed by atoms with Crippen molar-refractivity contribution in [1.29, 1.82) is 0 Å². The van der Waals surface area contributed by atoms with Gasteiger partial charge in [0.25, 0.3) is 0 Å². The van der Waals surface area contributed by atoms with Crippen LogP contribution in [0.5, 0.6) is 0 Å². The van der Waals surface area contributed by atoms with Crippen LogP contribution in [0.3, 0.4) is 0 Å². The largest absolute Gasteiger partial charge is 0.330 e. The molecule has 0 spiro atoms. The van der Waals surface area contributed by atoms with Gasteiger partial charge in [-0.25, -0.2) is 0 Å². The number of aromatic nitrogens is 2. The lowest BCUT2D eigenvalue weighted by Crippen LogP contribution is -2.22. The van der Waals surface area contributed by atoms with Gasteiger partial charge in [0.05, 0.1) is 11.7 Å². The van der Waals surface area contributed by atoms with Crippen molar-refractivity contribution in [3.8, 4) is 0 Å². The van der Waals surface area contributed by atoms with E-state index in [1.165, 1.54) is 37.8 Å². The molecular weight excluding hydrogens is 224 g/mol. The first-order chi connectivity index (χ1) is 8.79. The smallest absolute Gasteiger partial charge is 0.0764 e. The Morgan fingerprint density at radius 2 is 2.17 bits per heavy atom. The highest BCUT2D eigenvalue weighted by molar-refractivity contribution is 4.99. The SMILES string of the molecule is CN(CCCN)Cc1ccn(C2CCCCC2)n1. The Morgan fingerprint density at radius 1 is 1.39 bits per heavy atom. The third-order valence-corrected chi connectivity index (χ3v) is 3.79. The van der Waals surface area contributed by atoms with Crippen LogP contribution in [0.2, 0.25) is 0 Å². The van der Waals surface area contributed by atoms with Gasteiger partial charge in [0.2, 0.25) is 0 Å². The maximum absolute atomic E-state index is 5.53. The minimum Gasteiger partial charge on any atom is -0.330 e. The van der Waals surface area contributed by atoms with Crippen LogP contribution >= 0.6 is 0 Å². The Bertz CT molecular complexity index is 341. The van der Waals surface area contributed by atoms with Gasteiger partial charge in [-0.05, 0) is 45.5 Å². The lowest BCUT2D eigenvalue weighted by atomic mass is 9.96. The third-order valence-electron chi connectivity index (χ3n) is 3.79. The lowest BCUT2D eigenvalue weighted by Gasteiger charge is -2.22. The van der Waals surface area contributed by atoms with Crippen LogP contribution in [0.4, 0.5) is 0 Å². The Morgan fingerprint density at radius 3 is 2.89 bits per heavy atom. The predicted molar refractivity (Wildman–Crippen MR) is 74.4 cm³/mol. The molecule has 1 aliphatic rings. The van der Waals surface area contributed by atoms with Gasteiger partial charge in [0.15, 0.2) is 0 Å². The van der Waals surface area contributed by atoms with Crippen LogP contribution in [0.25, 0.3) is 0 Å². The molecule has 1 aromatic heterocycles. The van der Waals surface area contributed by atoms with Crippen molar-refractivity contribution < 1.29 is 0 Å². The summed E-state index contributed by atoms with van der Waals surface area (Å²) in [6.45, 7) is 2.74. The molecule has 4 nitrogen and oxygen atoms in total. The van der Waals surface area contributed by atoms with Gasteiger partial charge < -0.3 is 10.6 Å². The zero-order valence-electron chi connectivity index (χ0n) is 11.5. The van der Waals surface area contributed by atoms with E-state index in [9.17, 15) is 0 Å². The van der Waals surface area contributed by atoms with Crippen molar-refractivity contribution >= 4 is 0 Å². The highest BCUT2D eigenvalue weighted by Gasteiger charge is 2.16. The molecule has 2 rings (SSSR count). The summed E-state index contributed by atoms with van der Waals surface area (Å²) in [6.07, 6.45) is 9.91. The number of hydrogen-bond acceptors (Lipinski definition) is 3. The quantitative estimate of drug-likeness (QED) is 0.841. The summed E-state index contributed by atoms with van der Waals surface area (Å²) in [5, 5.41) is 4.73. The highest BCUT2D eigenvalue weighted by atomic mass is 15.3. The Labute approximate surface area is 110 Å². The number of nitrogens with two attached hydrogens (primary N) is 1. The molecule has 18 heavy (non-hydrogen) atoms. The van der Waals surface area contributed by atoms with Crippen molar-refractivity contribution in [3.05, 3.63) is 18.0 Å². The molecule has 1 aliphatic carbocycles. The normalized spacial score (nSPS) is 17.5. The maximum atomic E-state index is 5.53. The minimum absolute atomic E-state index is 0.641. The second-order valence-electron chi connectivity index (χ2n) is 5.46. The molecule has 0 aliphatic heterocycles. The first-order valence-electron chi connectivity index (χ1n) is 7.22. The summed E-state index contributed by atoms with van der Waals surface area (Å²) >= 11 is 0. The summed E-state index contributed by atoms with van der Waals surface area (Å²) in [7, 11) is 2.13. The maximum Gasteiger partial charge on any atom is 0.0764 e. The van der Waals surface area contributed by atoms with E-state index in [0.717, 1.165) is 26.1 Å². The van der Waals surface area contributed by atoms with Crippen molar-refractivity contribution in [2.75, 3.05) is 20.1 Å². The number of rotatable bonds is 6. The zero-order valence-corrected chi connectivity index (χ0v) is 11.5. The molecule has 102 valence electrons. The van der Waals surface area contributed by atoms with E-state index >= 15 is 0 Å². The standard InChI is InChI=1S/C14H26N4/c1-17(10-5-9-15)12-13-8-11-18(16-13)14-6-3-2-4-7-14/h8,11,14H,2-7,9-10,12,15H2,1H3. The first kappa shape index (κ1) is 13.6. The molecule has 0 unspecified atom stereocenters. The van der Waals surface area contributed by atoms with E-state index in [1.54, 1.807) is 0 Å². The molecule has 2 N–H and O–H groups in total.